The van der Waals surface area contributed by atoms with Crippen LogP contribution in [-0.4, -0.2) is 46.6 Å². The third-order valence-corrected chi connectivity index (χ3v) is 6.86. The van der Waals surface area contributed by atoms with E-state index in [1.54, 1.807) is 19.2 Å². The third-order valence-electron chi connectivity index (χ3n) is 6.86. The number of nitro groups is 1. The van der Waals surface area contributed by atoms with Crippen LogP contribution in [-0.2, 0) is 19.5 Å². The van der Waals surface area contributed by atoms with Crippen molar-refractivity contribution in [2.45, 2.75) is 38.4 Å². The molecular weight excluding hydrogens is 434 g/mol. The van der Waals surface area contributed by atoms with Gasteiger partial charge in [-0.2, -0.15) is 0 Å². The average molecular weight is 464 g/mol. The summed E-state index contributed by atoms with van der Waals surface area (Å²) in [6, 6.07) is 15.4. The molecule has 0 aliphatic carbocycles. The van der Waals surface area contributed by atoms with Gasteiger partial charge in [-0.15, -0.1) is 0 Å². The zero-order valence-electron chi connectivity index (χ0n) is 19.3. The largest absolute Gasteiger partial charge is 0.504 e. The van der Waals surface area contributed by atoms with E-state index in [1.807, 2.05) is 6.07 Å². The molecule has 0 radical (unpaired) electrons. The second-order valence-corrected chi connectivity index (χ2v) is 9.07. The van der Waals surface area contributed by atoms with Gasteiger partial charge in [0.2, 0.25) is 0 Å². The van der Waals surface area contributed by atoms with E-state index < -0.39 is 4.92 Å². The molecule has 0 bridgehead atoms. The predicted octanol–water partition coefficient (Wildman–Crippen LogP) is 4.65. The maximum Gasteiger partial charge on any atom is 0.433 e. The van der Waals surface area contributed by atoms with Crippen LogP contribution in [0.5, 0.6) is 11.5 Å². The Bertz CT molecular complexity index is 1170. The lowest BCUT2D eigenvalue weighted by Crippen LogP contribution is -2.35. The fourth-order valence-electron chi connectivity index (χ4n) is 5.17. The van der Waals surface area contributed by atoms with E-state index in [0.29, 0.717) is 18.1 Å². The molecule has 34 heavy (non-hydrogen) atoms. The van der Waals surface area contributed by atoms with Crippen molar-refractivity contribution >= 4 is 5.88 Å². The lowest BCUT2D eigenvalue weighted by molar-refractivity contribution is -0.402. The third kappa shape index (κ3) is 4.51. The van der Waals surface area contributed by atoms with Crippen molar-refractivity contribution in [1.29, 1.82) is 0 Å². The van der Waals surface area contributed by atoms with Gasteiger partial charge in [-0.05, 0) is 72.8 Å². The van der Waals surface area contributed by atoms with Crippen molar-refractivity contribution in [1.82, 2.24) is 9.80 Å². The molecule has 5 rings (SSSR count). The van der Waals surface area contributed by atoms with Gasteiger partial charge >= 0.3 is 5.88 Å². The molecule has 1 saturated heterocycles. The van der Waals surface area contributed by atoms with E-state index in [-0.39, 0.29) is 17.7 Å². The summed E-state index contributed by atoms with van der Waals surface area (Å²) in [6.45, 7) is 4.45. The summed E-state index contributed by atoms with van der Waals surface area (Å²) >= 11 is 0. The standard InChI is InChI=1S/C26H29N3O5/c1-33-24-15-22-20(14-23(24)30)10-13-28(17-21-8-9-25(34-21)29(31)32)26(22)19-6-4-18(5-7-19)16-27-11-2-3-12-27/h4-9,14-15,26,30H,2-3,10-13,16-17H2,1H3. The van der Waals surface area contributed by atoms with Gasteiger partial charge in [0.05, 0.1) is 25.8 Å². The van der Waals surface area contributed by atoms with Crippen LogP contribution in [0.2, 0.25) is 0 Å². The molecule has 0 amide bonds. The Labute approximate surface area is 198 Å². The maximum absolute atomic E-state index is 11.1. The quantitative estimate of drug-likeness (QED) is 0.403. The zero-order chi connectivity index (χ0) is 23.7. The summed E-state index contributed by atoms with van der Waals surface area (Å²) in [7, 11) is 1.55. The van der Waals surface area contributed by atoms with Crippen LogP contribution in [0, 0.1) is 10.1 Å². The fraction of sp³-hybridized carbons (Fsp3) is 0.385. The van der Waals surface area contributed by atoms with Crippen molar-refractivity contribution in [2.24, 2.45) is 0 Å². The minimum atomic E-state index is -0.515. The Hall–Kier alpha value is -3.36. The molecule has 8 heteroatoms. The molecular formula is C26H29N3O5. The van der Waals surface area contributed by atoms with Gasteiger partial charge in [-0.25, -0.2) is 0 Å². The SMILES string of the molecule is COc1cc2c(cc1O)CCN(Cc1ccc([N+](=O)[O-])o1)C2c1ccc(CN2CCCC2)cc1. The molecule has 1 unspecified atom stereocenters. The summed E-state index contributed by atoms with van der Waals surface area (Å²) in [4.78, 5) is 15.3. The van der Waals surface area contributed by atoms with Gasteiger partial charge in [-0.1, -0.05) is 24.3 Å². The van der Waals surface area contributed by atoms with Crippen LogP contribution in [0.4, 0.5) is 5.88 Å². The highest BCUT2D eigenvalue weighted by Crippen LogP contribution is 2.41. The van der Waals surface area contributed by atoms with Gasteiger partial charge < -0.3 is 14.3 Å². The molecule has 1 fully saturated rings. The number of rotatable bonds is 7. The van der Waals surface area contributed by atoms with Gasteiger partial charge in [-0.3, -0.25) is 19.9 Å². The molecule has 2 aliphatic rings. The van der Waals surface area contributed by atoms with Crippen molar-refractivity contribution < 1.29 is 19.2 Å². The highest BCUT2D eigenvalue weighted by atomic mass is 16.6. The zero-order valence-corrected chi connectivity index (χ0v) is 19.3. The topological polar surface area (TPSA) is 92.2 Å². The Morgan fingerprint density at radius 1 is 1.09 bits per heavy atom. The lowest BCUT2D eigenvalue weighted by Gasteiger charge is -2.37. The van der Waals surface area contributed by atoms with E-state index >= 15 is 0 Å². The minimum absolute atomic E-state index is 0.0942. The van der Waals surface area contributed by atoms with Crippen LogP contribution in [0.25, 0.3) is 0 Å². The Morgan fingerprint density at radius 3 is 2.53 bits per heavy atom. The van der Waals surface area contributed by atoms with Gasteiger partial charge in [0.15, 0.2) is 11.5 Å². The number of fused-ring (bicyclic) bond motifs is 1. The normalized spacial score (nSPS) is 18.7. The monoisotopic (exact) mass is 463 g/mol. The molecule has 2 aliphatic heterocycles. The first-order valence-electron chi connectivity index (χ1n) is 11.7. The van der Waals surface area contributed by atoms with Crippen LogP contribution in [0.15, 0.2) is 52.9 Å². The van der Waals surface area contributed by atoms with Crippen molar-refractivity contribution in [3.05, 3.63) is 86.7 Å². The second kappa shape index (κ2) is 9.48. The fourth-order valence-corrected chi connectivity index (χ4v) is 5.17. The van der Waals surface area contributed by atoms with E-state index in [4.69, 9.17) is 9.15 Å². The van der Waals surface area contributed by atoms with E-state index in [2.05, 4.69) is 34.1 Å². The van der Waals surface area contributed by atoms with Gasteiger partial charge in [0.25, 0.3) is 0 Å². The smallest absolute Gasteiger partial charge is 0.433 e. The van der Waals surface area contributed by atoms with E-state index in [1.165, 1.54) is 24.5 Å². The Morgan fingerprint density at radius 2 is 1.85 bits per heavy atom. The van der Waals surface area contributed by atoms with Gasteiger partial charge in [0, 0.05) is 13.1 Å². The second-order valence-electron chi connectivity index (χ2n) is 9.07. The summed E-state index contributed by atoms with van der Waals surface area (Å²) in [6.07, 6.45) is 3.29. The van der Waals surface area contributed by atoms with E-state index in [9.17, 15) is 15.2 Å². The lowest BCUT2D eigenvalue weighted by atomic mass is 9.87. The predicted molar refractivity (Wildman–Crippen MR) is 127 cm³/mol. The average Bonchev–Trinajstić information content (AvgIpc) is 3.52. The number of aromatic hydroxyl groups is 1. The summed E-state index contributed by atoms with van der Waals surface area (Å²) in [5, 5.41) is 21.4. The number of benzene rings is 2. The molecule has 3 heterocycles. The number of hydrogen-bond donors (Lipinski definition) is 1. The van der Waals surface area contributed by atoms with Crippen molar-refractivity contribution in [3.63, 3.8) is 0 Å². The molecule has 8 nitrogen and oxygen atoms in total. The van der Waals surface area contributed by atoms with Crippen LogP contribution < -0.4 is 4.74 Å². The van der Waals surface area contributed by atoms with Gasteiger partial charge in [0.1, 0.15) is 10.7 Å². The van der Waals surface area contributed by atoms with E-state index in [0.717, 1.165) is 49.3 Å². The Kier molecular flexibility index (Phi) is 6.26. The van der Waals surface area contributed by atoms with Crippen molar-refractivity contribution in [2.75, 3.05) is 26.7 Å². The highest BCUT2D eigenvalue weighted by molar-refractivity contribution is 5.51. The minimum Gasteiger partial charge on any atom is -0.504 e. The molecule has 1 atom stereocenters. The van der Waals surface area contributed by atoms with Crippen LogP contribution >= 0.6 is 0 Å². The summed E-state index contributed by atoms with van der Waals surface area (Å²) in [5.41, 5.74) is 4.55. The highest BCUT2D eigenvalue weighted by Gasteiger charge is 2.31. The number of phenolic OH excluding ortho intramolecular Hbond substituents is 1. The van der Waals surface area contributed by atoms with Crippen LogP contribution in [0.1, 0.15) is 46.9 Å². The first kappa shape index (κ1) is 22.4. The number of phenols is 1. The number of furan rings is 1. The molecule has 0 spiro atoms. The summed E-state index contributed by atoms with van der Waals surface area (Å²) in [5.74, 6) is 0.874. The number of hydrogen-bond acceptors (Lipinski definition) is 7. The number of methoxy groups -OCH3 is 1. The molecule has 2 aromatic carbocycles. The molecule has 178 valence electrons. The molecule has 1 N–H and O–H groups in total. The molecule has 3 aromatic rings. The van der Waals surface area contributed by atoms with Crippen LogP contribution in [0.3, 0.4) is 0 Å². The molecule has 0 saturated carbocycles. The first-order chi connectivity index (χ1) is 16.5. The number of nitrogens with zero attached hydrogens (tertiary/aromatic N) is 3. The molecule has 1 aromatic heterocycles. The Balaban J connectivity index is 1.48. The number of likely N-dealkylation sites (tertiary alicyclic amines) is 1. The maximum atomic E-state index is 11.1. The summed E-state index contributed by atoms with van der Waals surface area (Å²) < 4.78 is 10.9. The first-order valence-corrected chi connectivity index (χ1v) is 11.7. The number of ether oxygens (including phenoxy) is 1. The van der Waals surface area contributed by atoms with Crippen molar-refractivity contribution in [3.8, 4) is 11.5 Å².